The molecule has 0 saturated carbocycles. The number of nitrogens with zero attached hydrogens (tertiary/aromatic N) is 1. The maximum atomic E-state index is 12.0. The Morgan fingerprint density at radius 1 is 1.42 bits per heavy atom. The lowest BCUT2D eigenvalue weighted by Crippen LogP contribution is -2.08. The van der Waals surface area contributed by atoms with Crippen molar-refractivity contribution in [1.29, 1.82) is 0 Å². The molecular formula is C6H3BrF3NO. The van der Waals surface area contributed by atoms with E-state index in [9.17, 15) is 13.2 Å². The van der Waals surface area contributed by atoms with Gasteiger partial charge in [-0.1, -0.05) is 0 Å². The Bertz CT molecular complexity index is 299. The highest BCUT2D eigenvalue weighted by Crippen LogP contribution is 2.34. The lowest BCUT2D eigenvalue weighted by atomic mass is 10.3. The smallest absolute Gasteiger partial charge is 0.434 e. The molecule has 0 saturated heterocycles. The van der Waals surface area contributed by atoms with E-state index in [-0.39, 0.29) is 10.2 Å². The van der Waals surface area contributed by atoms with Crippen LogP contribution in [0, 0.1) is 0 Å². The highest BCUT2D eigenvalue weighted by atomic mass is 79.9. The molecule has 0 radical (unpaired) electrons. The van der Waals surface area contributed by atoms with E-state index >= 15 is 0 Å². The highest BCUT2D eigenvalue weighted by Gasteiger charge is 2.34. The van der Waals surface area contributed by atoms with Gasteiger partial charge < -0.3 is 5.11 Å². The van der Waals surface area contributed by atoms with Gasteiger partial charge in [0.1, 0.15) is 5.75 Å². The summed E-state index contributed by atoms with van der Waals surface area (Å²) in [6.07, 6.45) is -3.75. The van der Waals surface area contributed by atoms with Crippen LogP contribution in [0.25, 0.3) is 0 Å². The van der Waals surface area contributed by atoms with E-state index in [1.807, 2.05) is 0 Å². The fourth-order valence-electron chi connectivity index (χ4n) is 0.636. The summed E-state index contributed by atoms with van der Waals surface area (Å²) < 4.78 is 35.8. The van der Waals surface area contributed by atoms with E-state index in [0.717, 1.165) is 12.3 Å². The summed E-state index contributed by atoms with van der Waals surface area (Å²) in [7, 11) is 0. The average molecular weight is 242 g/mol. The minimum atomic E-state index is -4.49. The van der Waals surface area contributed by atoms with Crippen LogP contribution in [0.1, 0.15) is 5.69 Å². The van der Waals surface area contributed by atoms with Crippen LogP contribution in [0.4, 0.5) is 13.2 Å². The van der Waals surface area contributed by atoms with Crippen molar-refractivity contribution in [2.45, 2.75) is 6.18 Å². The fraction of sp³-hybridized carbons (Fsp3) is 0.167. The minimum Gasteiger partial charge on any atom is -0.506 e. The van der Waals surface area contributed by atoms with Gasteiger partial charge in [0.15, 0.2) is 5.69 Å². The number of alkyl halides is 3. The van der Waals surface area contributed by atoms with Crippen LogP contribution in [0.2, 0.25) is 0 Å². The Morgan fingerprint density at radius 3 is 2.42 bits per heavy atom. The Hall–Kier alpha value is -0.780. The lowest BCUT2D eigenvalue weighted by Gasteiger charge is -2.06. The molecule has 0 aliphatic heterocycles. The summed E-state index contributed by atoms with van der Waals surface area (Å²) in [5, 5.41) is 8.74. The molecule has 1 aromatic rings. The predicted molar refractivity (Wildman–Crippen MR) is 38.6 cm³/mol. The summed E-state index contributed by atoms with van der Waals surface area (Å²) >= 11 is 2.64. The molecule has 0 unspecified atom stereocenters. The van der Waals surface area contributed by atoms with Gasteiger partial charge in [-0.2, -0.15) is 13.2 Å². The molecule has 66 valence electrons. The molecule has 6 heteroatoms. The molecule has 0 fully saturated rings. The van der Waals surface area contributed by atoms with Crippen LogP contribution < -0.4 is 0 Å². The molecule has 0 bridgehead atoms. The van der Waals surface area contributed by atoms with Crippen LogP contribution in [0.3, 0.4) is 0 Å². The molecule has 1 rings (SSSR count). The Balaban J connectivity index is 3.19. The van der Waals surface area contributed by atoms with Gasteiger partial charge in [-0.05, 0) is 22.0 Å². The van der Waals surface area contributed by atoms with Gasteiger partial charge in [0.25, 0.3) is 0 Å². The van der Waals surface area contributed by atoms with Crippen LogP contribution in [-0.4, -0.2) is 10.1 Å². The van der Waals surface area contributed by atoms with E-state index in [4.69, 9.17) is 5.11 Å². The van der Waals surface area contributed by atoms with Gasteiger partial charge in [0.2, 0.25) is 0 Å². The van der Waals surface area contributed by atoms with Crippen molar-refractivity contribution < 1.29 is 18.3 Å². The highest BCUT2D eigenvalue weighted by molar-refractivity contribution is 9.10. The molecule has 0 amide bonds. The predicted octanol–water partition coefficient (Wildman–Crippen LogP) is 2.57. The maximum Gasteiger partial charge on any atom is 0.434 e. The Labute approximate surface area is 74.2 Å². The molecule has 0 spiro atoms. The maximum absolute atomic E-state index is 12.0. The molecule has 0 aliphatic rings. The monoisotopic (exact) mass is 241 g/mol. The second-order valence-electron chi connectivity index (χ2n) is 2.02. The van der Waals surface area contributed by atoms with Crippen LogP contribution >= 0.6 is 15.9 Å². The largest absolute Gasteiger partial charge is 0.506 e. The van der Waals surface area contributed by atoms with Crippen molar-refractivity contribution in [1.82, 2.24) is 4.98 Å². The fourth-order valence-corrected chi connectivity index (χ4v) is 1.20. The summed E-state index contributed by atoms with van der Waals surface area (Å²) in [5.41, 5.74) is -1.04. The Kier molecular flexibility index (Phi) is 2.27. The zero-order chi connectivity index (χ0) is 9.35. The van der Waals surface area contributed by atoms with Crippen LogP contribution in [0.15, 0.2) is 16.7 Å². The summed E-state index contributed by atoms with van der Waals surface area (Å²) in [6.45, 7) is 0. The quantitative estimate of drug-likeness (QED) is 0.758. The Morgan fingerprint density at radius 2 is 2.00 bits per heavy atom. The van der Waals surface area contributed by atoms with Gasteiger partial charge in [-0.25, -0.2) is 4.98 Å². The van der Waals surface area contributed by atoms with Crippen molar-refractivity contribution in [2.24, 2.45) is 0 Å². The van der Waals surface area contributed by atoms with Gasteiger partial charge in [0.05, 0.1) is 10.7 Å². The molecule has 1 aromatic heterocycles. The van der Waals surface area contributed by atoms with Gasteiger partial charge in [0, 0.05) is 0 Å². The normalized spacial score (nSPS) is 11.7. The van der Waals surface area contributed by atoms with Crippen molar-refractivity contribution >= 4 is 15.9 Å². The standard InChI is InChI=1S/C6H3BrF3NO/c7-4-1-3(12)2-11-5(4)6(8,9)10/h1-2,12H. The first kappa shape index (κ1) is 9.31. The molecule has 0 atom stereocenters. The molecular weight excluding hydrogens is 239 g/mol. The number of halogens is 4. The van der Waals surface area contributed by atoms with Crippen LogP contribution in [-0.2, 0) is 6.18 Å². The number of aromatic hydroxyl groups is 1. The topological polar surface area (TPSA) is 33.1 Å². The lowest BCUT2D eigenvalue weighted by molar-refractivity contribution is -0.141. The average Bonchev–Trinajstić information content (AvgIpc) is 1.83. The van der Waals surface area contributed by atoms with Crippen molar-refractivity contribution in [3.05, 3.63) is 22.4 Å². The molecule has 2 nitrogen and oxygen atoms in total. The van der Waals surface area contributed by atoms with E-state index in [1.165, 1.54) is 0 Å². The summed E-state index contributed by atoms with van der Waals surface area (Å²) in [6, 6.07) is 0.940. The number of hydrogen-bond acceptors (Lipinski definition) is 2. The summed E-state index contributed by atoms with van der Waals surface area (Å²) in [4.78, 5) is 3.03. The van der Waals surface area contributed by atoms with E-state index in [0.29, 0.717) is 0 Å². The summed E-state index contributed by atoms with van der Waals surface area (Å²) in [5.74, 6) is -0.310. The third-order valence-corrected chi connectivity index (χ3v) is 1.70. The first-order chi connectivity index (χ1) is 5.41. The first-order valence-electron chi connectivity index (χ1n) is 2.83. The number of aromatic nitrogens is 1. The van der Waals surface area contributed by atoms with Crippen LogP contribution in [0.5, 0.6) is 5.75 Å². The molecule has 1 heterocycles. The van der Waals surface area contributed by atoms with Gasteiger partial charge in [-0.15, -0.1) is 0 Å². The van der Waals surface area contributed by atoms with Crippen molar-refractivity contribution in [2.75, 3.05) is 0 Å². The SMILES string of the molecule is Oc1cnc(C(F)(F)F)c(Br)c1. The molecule has 1 N–H and O–H groups in total. The van der Waals surface area contributed by atoms with E-state index in [2.05, 4.69) is 20.9 Å². The van der Waals surface area contributed by atoms with Crippen molar-refractivity contribution in [3.8, 4) is 5.75 Å². The van der Waals surface area contributed by atoms with E-state index in [1.54, 1.807) is 0 Å². The minimum absolute atomic E-state index is 0.269. The number of rotatable bonds is 0. The third kappa shape index (κ3) is 1.88. The second-order valence-corrected chi connectivity index (χ2v) is 2.88. The van der Waals surface area contributed by atoms with Crippen molar-refractivity contribution in [3.63, 3.8) is 0 Å². The zero-order valence-corrected chi connectivity index (χ0v) is 7.15. The zero-order valence-electron chi connectivity index (χ0n) is 5.56. The number of hydrogen-bond donors (Lipinski definition) is 1. The first-order valence-corrected chi connectivity index (χ1v) is 3.62. The third-order valence-electron chi connectivity index (χ3n) is 1.10. The van der Waals surface area contributed by atoms with Gasteiger partial charge in [-0.3, -0.25) is 0 Å². The number of pyridine rings is 1. The molecule has 12 heavy (non-hydrogen) atoms. The molecule has 0 aromatic carbocycles. The van der Waals surface area contributed by atoms with E-state index < -0.39 is 11.9 Å². The molecule has 0 aliphatic carbocycles. The second kappa shape index (κ2) is 2.93. The van der Waals surface area contributed by atoms with Gasteiger partial charge >= 0.3 is 6.18 Å².